The average molecular weight is 342 g/mol. The average Bonchev–Trinajstić information content (AvgIpc) is 3.12. The Kier molecular flexibility index (Phi) is 3.38. The second-order valence-corrected chi connectivity index (χ2v) is 7.27. The summed E-state index contributed by atoms with van der Waals surface area (Å²) in [5.41, 5.74) is 0.105. The Labute approximate surface area is 139 Å². The van der Waals surface area contributed by atoms with Crippen molar-refractivity contribution in [1.29, 1.82) is 0 Å². The van der Waals surface area contributed by atoms with Crippen molar-refractivity contribution in [3.63, 3.8) is 0 Å². The summed E-state index contributed by atoms with van der Waals surface area (Å²) in [6, 6.07) is 0. The van der Waals surface area contributed by atoms with Crippen molar-refractivity contribution in [3.8, 4) is 0 Å². The molecule has 4 heterocycles. The fraction of sp³-hybridized carbons (Fsp3) is 0.733. The number of aromatic nitrogens is 2. The lowest BCUT2D eigenvalue weighted by molar-refractivity contribution is -0.211. The van der Waals surface area contributed by atoms with Gasteiger partial charge in [0.05, 0.1) is 6.61 Å². The van der Waals surface area contributed by atoms with E-state index < -0.39 is 11.4 Å². The predicted octanol–water partition coefficient (Wildman–Crippen LogP) is 1.12. The summed E-state index contributed by atoms with van der Waals surface area (Å²) in [4.78, 5) is 10.4. The zero-order valence-corrected chi connectivity index (χ0v) is 14.1. The number of fused-ring (bicyclic) bond motifs is 2. The lowest BCUT2D eigenvalue weighted by Gasteiger charge is -2.33. The molecule has 0 unspecified atom stereocenters. The molecule has 8 heteroatoms. The van der Waals surface area contributed by atoms with Crippen LogP contribution in [0.25, 0.3) is 0 Å². The molecule has 126 valence electrons. The van der Waals surface area contributed by atoms with Gasteiger partial charge in [0.15, 0.2) is 12.0 Å². The minimum Gasteiger partial charge on any atom is -0.393 e. The Hall–Kier alpha value is -0.990. The number of aliphatic hydroxyl groups is 1. The van der Waals surface area contributed by atoms with Gasteiger partial charge in [-0.2, -0.15) is 0 Å². The third kappa shape index (κ3) is 2.26. The summed E-state index contributed by atoms with van der Waals surface area (Å²) in [6.07, 6.45) is 1.18. The zero-order chi connectivity index (χ0) is 16.4. The number of aliphatic hydroxyl groups excluding tert-OH is 1. The fourth-order valence-electron chi connectivity index (χ4n) is 3.68. The molecule has 4 rings (SSSR count). The van der Waals surface area contributed by atoms with E-state index in [4.69, 9.17) is 25.8 Å². The van der Waals surface area contributed by atoms with Crippen molar-refractivity contribution in [2.45, 2.75) is 57.0 Å². The molecular weight excluding hydrogens is 322 g/mol. The zero-order valence-electron chi connectivity index (χ0n) is 13.3. The molecule has 0 spiro atoms. The van der Waals surface area contributed by atoms with Crippen LogP contribution in [0.4, 0.5) is 5.82 Å². The van der Waals surface area contributed by atoms with E-state index in [-0.39, 0.29) is 25.0 Å². The van der Waals surface area contributed by atoms with Gasteiger partial charge in [0.2, 0.25) is 0 Å². The number of anilines is 1. The Morgan fingerprint density at radius 2 is 2.09 bits per heavy atom. The molecule has 1 N–H and O–H groups in total. The molecule has 7 nitrogen and oxygen atoms in total. The molecule has 0 saturated carbocycles. The monoisotopic (exact) mass is 341 g/mol. The molecule has 2 fully saturated rings. The van der Waals surface area contributed by atoms with Crippen LogP contribution in [0, 0.1) is 0 Å². The molecule has 1 aromatic rings. The number of nitrogens with zero attached hydrogens (tertiary/aromatic N) is 3. The lowest BCUT2D eigenvalue weighted by atomic mass is 9.98. The Morgan fingerprint density at radius 1 is 1.30 bits per heavy atom. The molecule has 2 saturated heterocycles. The van der Waals surface area contributed by atoms with Gasteiger partial charge in [-0.05, 0) is 27.2 Å². The third-order valence-electron chi connectivity index (χ3n) is 4.77. The van der Waals surface area contributed by atoms with Gasteiger partial charge in [-0.3, -0.25) is 0 Å². The molecule has 0 aliphatic carbocycles. The van der Waals surface area contributed by atoms with Crippen molar-refractivity contribution < 1.29 is 19.3 Å². The topological polar surface area (TPSA) is 76.9 Å². The molecule has 1 aromatic heterocycles. The van der Waals surface area contributed by atoms with Crippen molar-refractivity contribution in [2.75, 3.05) is 18.1 Å². The van der Waals surface area contributed by atoms with E-state index in [2.05, 4.69) is 9.97 Å². The second-order valence-electron chi connectivity index (χ2n) is 6.91. The largest absolute Gasteiger partial charge is 0.393 e. The Bertz CT molecular complexity index is 643. The van der Waals surface area contributed by atoms with Gasteiger partial charge < -0.3 is 24.2 Å². The minimum atomic E-state index is -0.817. The van der Waals surface area contributed by atoms with Crippen LogP contribution in [-0.2, 0) is 20.6 Å². The normalized spacial score (nSPS) is 38.0. The maximum Gasteiger partial charge on any atom is 0.164 e. The van der Waals surface area contributed by atoms with Crippen LogP contribution < -0.4 is 4.90 Å². The number of rotatable bonds is 2. The van der Waals surface area contributed by atoms with Crippen molar-refractivity contribution in [2.24, 2.45) is 0 Å². The minimum absolute atomic E-state index is 0.144. The SMILES string of the molecule is CC1(C)O[C@H]2[C@H](N3CCc4c(Cl)ncnc43)O[C@](C)(CO)[C@H]2O1. The van der Waals surface area contributed by atoms with Crippen LogP contribution >= 0.6 is 11.6 Å². The van der Waals surface area contributed by atoms with Gasteiger partial charge in [-0.25, -0.2) is 9.97 Å². The molecule has 3 aliphatic heterocycles. The number of hydrogen-bond donors (Lipinski definition) is 1. The first kappa shape index (κ1) is 15.5. The lowest BCUT2D eigenvalue weighted by Crippen LogP contribution is -2.44. The highest BCUT2D eigenvalue weighted by atomic mass is 35.5. The van der Waals surface area contributed by atoms with E-state index in [0.717, 1.165) is 17.8 Å². The van der Waals surface area contributed by atoms with Crippen molar-refractivity contribution >= 4 is 17.4 Å². The summed E-state index contributed by atoms with van der Waals surface area (Å²) in [5.74, 6) is 0.0592. The molecular formula is C15H20ClN3O4. The third-order valence-corrected chi connectivity index (χ3v) is 5.09. The molecule has 3 aliphatic rings. The van der Waals surface area contributed by atoms with Crippen LogP contribution in [0.2, 0.25) is 5.15 Å². The first-order valence-electron chi connectivity index (χ1n) is 7.75. The van der Waals surface area contributed by atoms with Crippen LogP contribution in [0.3, 0.4) is 0 Å². The van der Waals surface area contributed by atoms with Gasteiger partial charge in [0.1, 0.15) is 35.1 Å². The summed E-state index contributed by atoms with van der Waals surface area (Å²) in [5, 5.41) is 10.3. The van der Waals surface area contributed by atoms with Gasteiger partial charge in [-0.1, -0.05) is 11.6 Å². The summed E-state index contributed by atoms with van der Waals surface area (Å²) >= 11 is 6.17. The van der Waals surface area contributed by atoms with Gasteiger partial charge in [0, 0.05) is 12.1 Å². The molecule has 0 radical (unpaired) electrons. The highest BCUT2D eigenvalue weighted by molar-refractivity contribution is 6.30. The van der Waals surface area contributed by atoms with E-state index in [9.17, 15) is 5.11 Å². The highest BCUT2D eigenvalue weighted by Gasteiger charge is 2.62. The summed E-state index contributed by atoms with van der Waals surface area (Å²) < 4.78 is 18.2. The van der Waals surface area contributed by atoms with Gasteiger partial charge in [-0.15, -0.1) is 0 Å². The van der Waals surface area contributed by atoms with Gasteiger partial charge in [0.25, 0.3) is 0 Å². The van der Waals surface area contributed by atoms with Crippen LogP contribution in [-0.4, -0.2) is 58.1 Å². The van der Waals surface area contributed by atoms with Crippen LogP contribution in [0.1, 0.15) is 26.3 Å². The standard InChI is InChI=1S/C15H20ClN3O4/c1-14(2)21-9-10(22-14)15(3,6-20)23-13(9)19-5-4-8-11(16)17-7-18-12(8)19/h7,9-10,13,20H,4-6H2,1-3H3/t9-,10+,13-,15-/m1/s1. The van der Waals surface area contributed by atoms with Crippen molar-refractivity contribution in [3.05, 3.63) is 17.0 Å². The van der Waals surface area contributed by atoms with Crippen LogP contribution in [0.5, 0.6) is 0 Å². The number of halogens is 1. The van der Waals surface area contributed by atoms with E-state index in [1.807, 2.05) is 25.7 Å². The van der Waals surface area contributed by atoms with E-state index in [0.29, 0.717) is 11.7 Å². The highest BCUT2D eigenvalue weighted by Crippen LogP contribution is 2.46. The second kappa shape index (κ2) is 5.00. The van der Waals surface area contributed by atoms with Crippen LogP contribution in [0.15, 0.2) is 6.33 Å². The molecule has 23 heavy (non-hydrogen) atoms. The number of ether oxygens (including phenoxy) is 3. The first-order chi connectivity index (χ1) is 10.8. The molecule has 0 amide bonds. The Balaban J connectivity index is 1.70. The quantitative estimate of drug-likeness (QED) is 0.808. The first-order valence-corrected chi connectivity index (χ1v) is 8.13. The molecule has 4 atom stereocenters. The van der Waals surface area contributed by atoms with E-state index in [1.54, 1.807) is 0 Å². The summed E-state index contributed by atoms with van der Waals surface area (Å²) in [6.45, 7) is 6.16. The fourth-order valence-corrected chi connectivity index (χ4v) is 3.90. The molecule has 0 bridgehead atoms. The van der Waals surface area contributed by atoms with E-state index >= 15 is 0 Å². The van der Waals surface area contributed by atoms with E-state index in [1.165, 1.54) is 6.33 Å². The maximum absolute atomic E-state index is 9.82. The Morgan fingerprint density at radius 3 is 2.83 bits per heavy atom. The van der Waals surface area contributed by atoms with Crippen molar-refractivity contribution in [1.82, 2.24) is 9.97 Å². The maximum atomic E-state index is 9.82. The predicted molar refractivity (Wildman–Crippen MR) is 82.3 cm³/mol. The van der Waals surface area contributed by atoms with Gasteiger partial charge >= 0.3 is 0 Å². The summed E-state index contributed by atoms with van der Waals surface area (Å²) in [7, 11) is 0. The molecule has 0 aromatic carbocycles. The number of hydrogen-bond acceptors (Lipinski definition) is 7. The smallest absolute Gasteiger partial charge is 0.164 e.